The van der Waals surface area contributed by atoms with Crippen molar-refractivity contribution in [3.05, 3.63) is 50.1 Å². The first-order valence-electron chi connectivity index (χ1n) is 7.55. The Kier molecular flexibility index (Phi) is 5.00. The molecule has 1 fully saturated rings. The van der Waals surface area contributed by atoms with Crippen LogP contribution < -0.4 is 0 Å². The van der Waals surface area contributed by atoms with Crippen molar-refractivity contribution in [3.63, 3.8) is 0 Å². The van der Waals surface area contributed by atoms with Crippen molar-refractivity contribution in [3.8, 4) is 0 Å². The molecule has 1 aromatic carbocycles. The van der Waals surface area contributed by atoms with Crippen molar-refractivity contribution in [2.75, 3.05) is 13.2 Å². The van der Waals surface area contributed by atoms with Gasteiger partial charge in [0, 0.05) is 16.6 Å². The van der Waals surface area contributed by atoms with E-state index in [0.717, 1.165) is 6.07 Å². The maximum absolute atomic E-state index is 12.4. The zero-order chi connectivity index (χ0) is 18.8. The maximum Gasteiger partial charge on any atom is 0.331 e. The Labute approximate surface area is 142 Å². The Bertz CT molecular complexity index is 714. The van der Waals surface area contributed by atoms with Crippen LogP contribution in [0.3, 0.4) is 0 Å². The van der Waals surface area contributed by atoms with Crippen LogP contribution in [-0.4, -0.2) is 41.0 Å². The summed E-state index contributed by atoms with van der Waals surface area (Å²) in [7, 11) is 0. The van der Waals surface area contributed by atoms with E-state index in [0.29, 0.717) is 0 Å². The van der Waals surface area contributed by atoms with E-state index in [9.17, 15) is 29.8 Å². The monoisotopic (exact) mass is 352 g/mol. The number of para-hydroxylation sites is 1. The van der Waals surface area contributed by atoms with Crippen LogP contribution in [0.15, 0.2) is 24.3 Å². The van der Waals surface area contributed by atoms with Gasteiger partial charge in [-0.3, -0.25) is 29.8 Å². The lowest BCUT2D eigenvalue weighted by molar-refractivity contribution is -0.501. The lowest BCUT2D eigenvalue weighted by Gasteiger charge is -2.13. The SMILES string of the molecule is CCOC(=O)C1(C(=O)OCC)[C@@H]([N+](=O)[O-])[C@@H]1c1ccccc1[N+](=O)[O-]. The molecule has 0 aliphatic heterocycles. The van der Waals surface area contributed by atoms with E-state index in [-0.39, 0.29) is 18.8 Å². The fourth-order valence-electron chi connectivity index (χ4n) is 3.07. The van der Waals surface area contributed by atoms with Gasteiger partial charge in [0.05, 0.1) is 24.1 Å². The molecule has 0 radical (unpaired) electrons. The number of nitrogens with zero attached hydrogens (tertiary/aromatic N) is 2. The molecular formula is C15H16N2O8. The fourth-order valence-corrected chi connectivity index (χ4v) is 3.07. The highest BCUT2D eigenvalue weighted by Gasteiger charge is 2.86. The summed E-state index contributed by atoms with van der Waals surface area (Å²) in [5.74, 6) is -3.56. The smallest absolute Gasteiger partial charge is 0.331 e. The summed E-state index contributed by atoms with van der Waals surface area (Å²) in [5.41, 5.74) is -2.70. The molecule has 1 aliphatic rings. The predicted molar refractivity (Wildman–Crippen MR) is 82.3 cm³/mol. The highest BCUT2D eigenvalue weighted by atomic mass is 16.6. The van der Waals surface area contributed by atoms with Gasteiger partial charge in [-0.2, -0.15) is 0 Å². The van der Waals surface area contributed by atoms with Gasteiger partial charge in [0.2, 0.25) is 11.5 Å². The number of hydrogen-bond acceptors (Lipinski definition) is 8. The molecular weight excluding hydrogens is 336 g/mol. The number of nitro benzene ring substituents is 1. The highest BCUT2D eigenvalue weighted by Crippen LogP contribution is 2.63. The summed E-state index contributed by atoms with van der Waals surface area (Å²) < 4.78 is 9.71. The minimum atomic E-state index is -2.22. The third-order valence-electron chi connectivity index (χ3n) is 4.09. The van der Waals surface area contributed by atoms with Gasteiger partial charge in [0.15, 0.2) is 0 Å². The Hall–Kier alpha value is -3.04. The largest absolute Gasteiger partial charge is 0.465 e. The van der Waals surface area contributed by atoms with Gasteiger partial charge in [-0.25, -0.2) is 0 Å². The van der Waals surface area contributed by atoms with Gasteiger partial charge in [-0.15, -0.1) is 0 Å². The number of ether oxygens (including phenoxy) is 2. The predicted octanol–water partition coefficient (Wildman–Crippen LogP) is 1.45. The highest BCUT2D eigenvalue weighted by molar-refractivity contribution is 6.07. The van der Waals surface area contributed by atoms with Crippen molar-refractivity contribution in [2.45, 2.75) is 25.8 Å². The summed E-state index contributed by atoms with van der Waals surface area (Å²) in [6, 6.07) is 3.60. The fraction of sp³-hybridized carbons (Fsp3) is 0.467. The standard InChI is InChI=1S/C15H16N2O8/c1-3-24-13(18)15(14(19)25-4-2)11(12(15)17(22)23)9-7-5-6-8-10(9)16(20)21/h5-8,11-12H,3-4H2,1-2H3/t11-,12-/m0/s1. The third-order valence-corrected chi connectivity index (χ3v) is 4.09. The lowest BCUT2D eigenvalue weighted by atomic mass is 9.98. The second kappa shape index (κ2) is 6.83. The van der Waals surface area contributed by atoms with E-state index < -0.39 is 44.8 Å². The van der Waals surface area contributed by atoms with Crippen LogP contribution in [0.25, 0.3) is 0 Å². The Morgan fingerprint density at radius 2 is 1.60 bits per heavy atom. The molecule has 2 rings (SSSR count). The van der Waals surface area contributed by atoms with Crippen LogP contribution in [0.5, 0.6) is 0 Å². The van der Waals surface area contributed by atoms with E-state index in [2.05, 4.69) is 0 Å². The van der Waals surface area contributed by atoms with Crippen LogP contribution in [0, 0.1) is 25.6 Å². The van der Waals surface area contributed by atoms with Crippen molar-refractivity contribution < 1.29 is 28.9 Å². The summed E-state index contributed by atoms with van der Waals surface area (Å²) in [5, 5.41) is 22.7. The van der Waals surface area contributed by atoms with Gasteiger partial charge >= 0.3 is 11.9 Å². The molecule has 0 saturated heterocycles. The first-order chi connectivity index (χ1) is 11.8. The molecule has 0 spiro atoms. The van der Waals surface area contributed by atoms with E-state index in [1.165, 1.54) is 32.0 Å². The second-order valence-electron chi connectivity index (χ2n) is 5.33. The first kappa shape index (κ1) is 18.3. The number of esters is 2. The molecule has 0 bridgehead atoms. The number of carbonyl (C=O) groups is 2. The Morgan fingerprint density at radius 3 is 2.04 bits per heavy atom. The molecule has 134 valence electrons. The average molecular weight is 352 g/mol. The molecule has 0 N–H and O–H groups in total. The summed E-state index contributed by atoms with van der Waals surface area (Å²) in [6.07, 6.45) is 0. The number of nitro groups is 2. The van der Waals surface area contributed by atoms with Crippen LogP contribution in [-0.2, 0) is 19.1 Å². The minimum Gasteiger partial charge on any atom is -0.465 e. The third kappa shape index (κ3) is 2.79. The zero-order valence-electron chi connectivity index (χ0n) is 13.5. The zero-order valence-corrected chi connectivity index (χ0v) is 13.5. The normalized spacial score (nSPS) is 20.4. The number of benzene rings is 1. The van der Waals surface area contributed by atoms with E-state index in [1.54, 1.807) is 0 Å². The first-order valence-corrected chi connectivity index (χ1v) is 7.55. The van der Waals surface area contributed by atoms with Gasteiger partial charge in [-0.05, 0) is 13.8 Å². The molecule has 1 saturated carbocycles. The van der Waals surface area contributed by atoms with Gasteiger partial charge in [-0.1, -0.05) is 18.2 Å². The van der Waals surface area contributed by atoms with Crippen molar-refractivity contribution in [1.29, 1.82) is 0 Å². The van der Waals surface area contributed by atoms with Gasteiger partial charge < -0.3 is 9.47 Å². The number of hydrogen-bond donors (Lipinski definition) is 0. The maximum atomic E-state index is 12.4. The van der Waals surface area contributed by atoms with Gasteiger partial charge in [0.1, 0.15) is 0 Å². The molecule has 0 aromatic heterocycles. The molecule has 1 aromatic rings. The van der Waals surface area contributed by atoms with E-state index in [4.69, 9.17) is 9.47 Å². The molecule has 10 heteroatoms. The molecule has 0 amide bonds. The van der Waals surface area contributed by atoms with Crippen LogP contribution in [0.2, 0.25) is 0 Å². The number of carbonyl (C=O) groups excluding carboxylic acids is 2. The topological polar surface area (TPSA) is 139 Å². The van der Waals surface area contributed by atoms with Gasteiger partial charge in [0.25, 0.3) is 5.69 Å². The second-order valence-corrected chi connectivity index (χ2v) is 5.33. The molecule has 10 nitrogen and oxygen atoms in total. The molecule has 25 heavy (non-hydrogen) atoms. The van der Waals surface area contributed by atoms with Crippen LogP contribution in [0.4, 0.5) is 5.69 Å². The Balaban J connectivity index is 2.62. The molecule has 2 atom stereocenters. The summed E-state index contributed by atoms with van der Waals surface area (Å²) in [4.78, 5) is 46.1. The summed E-state index contributed by atoms with van der Waals surface area (Å²) in [6.45, 7) is 2.77. The van der Waals surface area contributed by atoms with Crippen molar-refractivity contribution >= 4 is 17.6 Å². The minimum absolute atomic E-state index is 0.0738. The number of rotatable bonds is 7. The van der Waals surface area contributed by atoms with Crippen molar-refractivity contribution in [2.24, 2.45) is 5.41 Å². The lowest BCUT2D eigenvalue weighted by Crippen LogP contribution is -2.35. The van der Waals surface area contributed by atoms with E-state index in [1.807, 2.05) is 0 Å². The van der Waals surface area contributed by atoms with Crippen LogP contribution >= 0.6 is 0 Å². The Morgan fingerprint density at radius 1 is 1.08 bits per heavy atom. The summed E-state index contributed by atoms with van der Waals surface area (Å²) >= 11 is 0. The van der Waals surface area contributed by atoms with E-state index >= 15 is 0 Å². The van der Waals surface area contributed by atoms with Crippen molar-refractivity contribution in [1.82, 2.24) is 0 Å². The molecule has 0 unspecified atom stereocenters. The molecule has 0 heterocycles. The molecule has 1 aliphatic carbocycles. The quantitative estimate of drug-likeness (QED) is 0.311. The average Bonchev–Trinajstić information content (AvgIpc) is 3.27. The van der Waals surface area contributed by atoms with Crippen LogP contribution in [0.1, 0.15) is 25.3 Å².